The largest absolute Gasteiger partial charge is 0.481 e. The average molecular weight is 348 g/mol. The molecule has 3 fully saturated rings. The van der Waals surface area contributed by atoms with Crippen molar-refractivity contribution in [3.8, 4) is 0 Å². The SMILES string of the molecule is O=C(c1cccs1)N1CC2CN(C3CCCCC3)C[C@@]2(C(=O)O)C1. The monoisotopic (exact) mass is 348 g/mol. The molecule has 3 heterocycles. The molecule has 0 radical (unpaired) electrons. The van der Waals surface area contributed by atoms with Gasteiger partial charge in [0, 0.05) is 38.1 Å². The van der Waals surface area contributed by atoms with Crippen LogP contribution in [-0.4, -0.2) is 59.0 Å². The van der Waals surface area contributed by atoms with E-state index in [9.17, 15) is 14.7 Å². The summed E-state index contributed by atoms with van der Waals surface area (Å²) in [6.45, 7) is 2.36. The Balaban J connectivity index is 1.51. The van der Waals surface area contributed by atoms with E-state index in [0.717, 1.165) is 6.54 Å². The number of hydrogen-bond donors (Lipinski definition) is 1. The fourth-order valence-corrected chi connectivity index (χ4v) is 5.53. The number of thiophene rings is 1. The number of rotatable bonds is 3. The maximum Gasteiger partial charge on any atom is 0.313 e. The minimum absolute atomic E-state index is 0.00996. The highest BCUT2D eigenvalue weighted by Gasteiger charge is 2.59. The third-order valence-electron chi connectivity index (χ3n) is 6.17. The van der Waals surface area contributed by atoms with Gasteiger partial charge in [0.1, 0.15) is 5.41 Å². The van der Waals surface area contributed by atoms with Gasteiger partial charge in [0.2, 0.25) is 0 Å². The van der Waals surface area contributed by atoms with E-state index in [1.807, 2.05) is 17.5 Å². The normalized spacial score (nSPS) is 31.3. The van der Waals surface area contributed by atoms with Gasteiger partial charge in [-0.2, -0.15) is 0 Å². The van der Waals surface area contributed by atoms with Crippen molar-refractivity contribution < 1.29 is 14.7 Å². The molecule has 6 heteroatoms. The number of fused-ring (bicyclic) bond motifs is 1. The van der Waals surface area contributed by atoms with E-state index in [0.29, 0.717) is 30.6 Å². The van der Waals surface area contributed by atoms with Gasteiger partial charge in [-0.3, -0.25) is 14.5 Å². The highest BCUT2D eigenvalue weighted by Crippen LogP contribution is 2.45. The zero-order valence-corrected chi connectivity index (χ0v) is 14.6. The number of hydrogen-bond acceptors (Lipinski definition) is 4. The first kappa shape index (κ1) is 16.1. The van der Waals surface area contributed by atoms with Gasteiger partial charge in [-0.1, -0.05) is 25.3 Å². The van der Waals surface area contributed by atoms with Gasteiger partial charge in [-0.25, -0.2) is 0 Å². The Kier molecular flexibility index (Phi) is 4.12. The van der Waals surface area contributed by atoms with Crippen LogP contribution in [0.15, 0.2) is 17.5 Å². The molecule has 1 aliphatic carbocycles. The van der Waals surface area contributed by atoms with Crippen molar-refractivity contribution in [3.63, 3.8) is 0 Å². The highest BCUT2D eigenvalue weighted by molar-refractivity contribution is 7.12. The molecule has 1 aromatic heterocycles. The van der Waals surface area contributed by atoms with Crippen LogP contribution in [0.25, 0.3) is 0 Å². The van der Waals surface area contributed by atoms with Gasteiger partial charge in [0.25, 0.3) is 5.91 Å². The summed E-state index contributed by atoms with van der Waals surface area (Å²) in [6.07, 6.45) is 6.21. The van der Waals surface area contributed by atoms with Crippen molar-refractivity contribution in [2.75, 3.05) is 26.2 Å². The molecule has 2 atom stereocenters. The molecule has 24 heavy (non-hydrogen) atoms. The summed E-state index contributed by atoms with van der Waals surface area (Å²) in [5.74, 6) is -0.683. The average Bonchev–Trinajstić information content (AvgIpc) is 3.29. The first-order chi connectivity index (χ1) is 11.6. The fourth-order valence-electron chi connectivity index (χ4n) is 4.84. The third kappa shape index (κ3) is 2.56. The summed E-state index contributed by atoms with van der Waals surface area (Å²) < 4.78 is 0. The molecule has 0 spiro atoms. The van der Waals surface area contributed by atoms with Gasteiger partial charge in [-0.05, 0) is 24.3 Å². The van der Waals surface area contributed by atoms with Crippen molar-refractivity contribution in [3.05, 3.63) is 22.4 Å². The van der Waals surface area contributed by atoms with Gasteiger partial charge in [0.15, 0.2) is 0 Å². The van der Waals surface area contributed by atoms with E-state index in [2.05, 4.69) is 4.90 Å². The number of amides is 1. The topological polar surface area (TPSA) is 60.9 Å². The zero-order chi connectivity index (χ0) is 16.7. The number of carbonyl (C=O) groups excluding carboxylic acids is 1. The quantitative estimate of drug-likeness (QED) is 0.912. The van der Waals surface area contributed by atoms with Crippen molar-refractivity contribution in [2.45, 2.75) is 38.1 Å². The van der Waals surface area contributed by atoms with Crippen molar-refractivity contribution in [2.24, 2.45) is 11.3 Å². The van der Waals surface area contributed by atoms with Crippen LogP contribution in [0, 0.1) is 11.3 Å². The number of likely N-dealkylation sites (tertiary alicyclic amines) is 2. The molecule has 1 amide bonds. The summed E-state index contributed by atoms with van der Waals surface area (Å²) >= 11 is 1.43. The number of carboxylic acids is 1. The first-order valence-electron chi connectivity index (χ1n) is 8.90. The lowest BCUT2D eigenvalue weighted by atomic mass is 9.81. The second-order valence-corrected chi connectivity index (χ2v) is 8.49. The van der Waals surface area contributed by atoms with Crippen LogP contribution in [0.3, 0.4) is 0 Å². The van der Waals surface area contributed by atoms with Gasteiger partial charge in [-0.15, -0.1) is 11.3 Å². The molecule has 1 unspecified atom stereocenters. The van der Waals surface area contributed by atoms with E-state index < -0.39 is 11.4 Å². The molecular weight excluding hydrogens is 324 g/mol. The lowest BCUT2D eigenvalue weighted by Crippen LogP contribution is -2.44. The number of carbonyl (C=O) groups is 2. The molecule has 2 saturated heterocycles. The highest BCUT2D eigenvalue weighted by atomic mass is 32.1. The minimum atomic E-state index is -0.773. The number of carboxylic acid groups (broad SMARTS) is 1. The summed E-state index contributed by atoms with van der Waals surface area (Å²) in [6, 6.07) is 4.23. The van der Waals surface area contributed by atoms with E-state index in [-0.39, 0.29) is 11.8 Å². The maximum absolute atomic E-state index is 12.6. The first-order valence-corrected chi connectivity index (χ1v) is 9.78. The molecular formula is C18H24N2O3S. The van der Waals surface area contributed by atoms with E-state index >= 15 is 0 Å². The number of nitrogens with zero attached hydrogens (tertiary/aromatic N) is 2. The van der Waals surface area contributed by atoms with Gasteiger partial charge < -0.3 is 10.0 Å². The zero-order valence-electron chi connectivity index (χ0n) is 13.8. The third-order valence-corrected chi connectivity index (χ3v) is 7.03. The Hall–Kier alpha value is -1.40. The molecule has 5 nitrogen and oxygen atoms in total. The van der Waals surface area contributed by atoms with E-state index in [1.54, 1.807) is 4.90 Å². The Morgan fingerprint density at radius 2 is 1.96 bits per heavy atom. The lowest BCUT2D eigenvalue weighted by molar-refractivity contribution is -0.148. The Labute approximate surface area is 146 Å². The van der Waals surface area contributed by atoms with Crippen LogP contribution in [0.4, 0.5) is 0 Å². The molecule has 1 saturated carbocycles. The standard InChI is InChI=1S/C18H24N2O3S/c21-16(15-7-4-8-24-15)20-10-13-9-19(14-5-2-1-3-6-14)11-18(13,12-20)17(22)23/h4,7-8,13-14H,1-3,5-6,9-12H2,(H,22,23)/t13?,18-/m1/s1. The Morgan fingerprint density at radius 3 is 2.58 bits per heavy atom. The molecule has 0 aromatic carbocycles. The van der Waals surface area contributed by atoms with Gasteiger partial charge in [0.05, 0.1) is 4.88 Å². The van der Waals surface area contributed by atoms with Crippen molar-refractivity contribution in [1.29, 1.82) is 0 Å². The summed E-state index contributed by atoms with van der Waals surface area (Å²) in [4.78, 5) is 29.6. The van der Waals surface area contributed by atoms with Crippen LogP contribution in [0.2, 0.25) is 0 Å². The molecule has 130 valence electrons. The smallest absolute Gasteiger partial charge is 0.313 e. The maximum atomic E-state index is 12.6. The molecule has 3 aliphatic rings. The van der Waals surface area contributed by atoms with Crippen LogP contribution in [0.1, 0.15) is 41.8 Å². The van der Waals surface area contributed by atoms with E-state index in [4.69, 9.17) is 0 Å². The van der Waals surface area contributed by atoms with Crippen LogP contribution in [-0.2, 0) is 4.79 Å². The molecule has 1 N–H and O–H groups in total. The molecule has 4 rings (SSSR count). The van der Waals surface area contributed by atoms with E-state index in [1.165, 1.54) is 43.4 Å². The molecule has 2 aliphatic heterocycles. The summed E-state index contributed by atoms with van der Waals surface area (Å²) in [5.41, 5.74) is -0.773. The predicted molar refractivity (Wildman–Crippen MR) is 92.2 cm³/mol. The van der Waals surface area contributed by atoms with Crippen LogP contribution in [0.5, 0.6) is 0 Å². The van der Waals surface area contributed by atoms with Crippen molar-refractivity contribution >= 4 is 23.2 Å². The second-order valence-electron chi connectivity index (χ2n) is 7.54. The second kappa shape index (κ2) is 6.15. The molecule has 0 bridgehead atoms. The summed E-state index contributed by atoms with van der Waals surface area (Å²) in [7, 11) is 0. The lowest BCUT2D eigenvalue weighted by Gasteiger charge is -2.33. The summed E-state index contributed by atoms with van der Waals surface area (Å²) in [5, 5.41) is 11.8. The molecule has 1 aromatic rings. The Morgan fingerprint density at radius 1 is 1.17 bits per heavy atom. The van der Waals surface area contributed by atoms with Crippen LogP contribution < -0.4 is 0 Å². The van der Waals surface area contributed by atoms with Crippen LogP contribution >= 0.6 is 11.3 Å². The number of aliphatic carboxylic acids is 1. The minimum Gasteiger partial charge on any atom is -0.481 e. The van der Waals surface area contributed by atoms with Gasteiger partial charge >= 0.3 is 5.97 Å². The predicted octanol–water partition coefficient (Wildman–Crippen LogP) is 2.54. The van der Waals surface area contributed by atoms with Crippen molar-refractivity contribution in [1.82, 2.24) is 9.80 Å². The Bertz CT molecular complexity index is 626. The fraction of sp³-hybridized carbons (Fsp3) is 0.667.